The Morgan fingerprint density at radius 1 is 1.29 bits per heavy atom. The minimum atomic E-state index is -0.265. The highest BCUT2D eigenvalue weighted by Gasteiger charge is 2.23. The highest BCUT2D eigenvalue weighted by atomic mass is 35.5. The molecular formula is C12H16ClN7O. The Balaban J connectivity index is 1.70. The number of nitrogens with zero attached hydrogens (tertiary/aromatic N) is 6. The molecule has 21 heavy (non-hydrogen) atoms. The van der Waals surface area contributed by atoms with Crippen molar-refractivity contribution in [3.05, 3.63) is 17.9 Å². The fourth-order valence-corrected chi connectivity index (χ4v) is 2.64. The van der Waals surface area contributed by atoms with E-state index in [1.54, 1.807) is 0 Å². The van der Waals surface area contributed by atoms with E-state index >= 15 is 0 Å². The quantitative estimate of drug-likeness (QED) is 0.871. The van der Waals surface area contributed by atoms with Gasteiger partial charge in [0.15, 0.2) is 0 Å². The first-order chi connectivity index (χ1) is 10.2. The first kappa shape index (κ1) is 14.2. The van der Waals surface area contributed by atoms with Crippen LogP contribution in [0.3, 0.4) is 0 Å². The summed E-state index contributed by atoms with van der Waals surface area (Å²) in [5.74, 6) is 0.890. The molecule has 2 aromatic rings. The van der Waals surface area contributed by atoms with E-state index in [2.05, 4.69) is 30.4 Å². The monoisotopic (exact) mass is 309 g/mol. The number of halogens is 1. The van der Waals surface area contributed by atoms with Crippen LogP contribution in [0.4, 0.5) is 5.95 Å². The van der Waals surface area contributed by atoms with E-state index in [0.29, 0.717) is 18.4 Å². The van der Waals surface area contributed by atoms with Crippen molar-refractivity contribution in [2.75, 3.05) is 11.9 Å². The van der Waals surface area contributed by atoms with Crippen molar-refractivity contribution < 1.29 is 5.11 Å². The average molecular weight is 310 g/mol. The largest absolute Gasteiger partial charge is 0.393 e. The summed E-state index contributed by atoms with van der Waals surface area (Å²) in [4.78, 5) is 16.1. The third-order valence-corrected chi connectivity index (χ3v) is 3.78. The summed E-state index contributed by atoms with van der Waals surface area (Å²) >= 11 is 5.90. The smallest absolute Gasteiger partial charge is 0.258 e. The fraction of sp³-hybridized carbons (Fsp3) is 0.583. The van der Waals surface area contributed by atoms with Crippen molar-refractivity contribution in [3.63, 3.8) is 0 Å². The number of aliphatic hydroxyl groups is 1. The van der Waals surface area contributed by atoms with Crippen molar-refractivity contribution in [1.82, 2.24) is 29.7 Å². The van der Waals surface area contributed by atoms with Crippen LogP contribution in [0.5, 0.6) is 0 Å². The van der Waals surface area contributed by atoms with Gasteiger partial charge in [-0.3, -0.25) is 0 Å². The average Bonchev–Trinajstić information content (AvgIpc) is 3.00. The van der Waals surface area contributed by atoms with Gasteiger partial charge >= 0.3 is 0 Å². The summed E-state index contributed by atoms with van der Waals surface area (Å²) in [5.41, 5.74) is 0. The van der Waals surface area contributed by atoms with Crippen molar-refractivity contribution in [1.29, 1.82) is 0 Å². The Kier molecular flexibility index (Phi) is 4.26. The minimum absolute atomic E-state index is 0.0854. The standard InChI is InChI=1S/C12H16ClN7O/c13-10-17-11(15-5-8-3-1-2-4-9(8)21)19-12(18-10)20-7-14-6-16-20/h6-9,21H,1-5H2,(H,15,17,18,19). The van der Waals surface area contributed by atoms with Crippen LogP contribution in [0.2, 0.25) is 5.28 Å². The van der Waals surface area contributed by atoms with E-state index in [1.807, 2.05) is 0 Å². The molecule has 1 saturated carbocycles. The van der Waals surface area contributed by atoms with Crippen LogP contribution >= 0.6 is 11.6 Å². The molecule has 0 radical (unpaired) electrons. The Bertz CT molecular complexity index is 591. The topological polar surface area (TPSA) is 102 Å². The second-order valence-corrected chi connectivity index (χ2v) is 5.40. The van der Waals surface area contributed by atoms with Gasteiger partial charge in [-0.2, -0.15) is 24.7 Å². The molecule has 0 spiro atoms. The Hall–Kier alpha value is -1.80. The third kappa shape index (κ3) is 3.45. The van der Waals surface area contributed by atoms with Crippen LogP contribution in [0.1, 0.15) is 25.7 Å². The van der Waals surface area contributed by atoms with E-state index in [0.717, 1.165) is 25.7 Å². The Morgan fingerprint density at radius 2 is 2.14 bits per heavy atom. The van der Waals surface area contributed by atoms with Gasteiger partial charge in [-0.15, -0.1) is 0 Å². The summed E-state index contributed by atoms with van der Waals surface area (Å²) in [6.07, 6.45) is 6.71. The lowest BCUT2D eigenvalue weighted by molar-refractivity contribution is 0.0762. The molecule has 9 heteroatoms. The number of aliphatic hydroxyl groups excluding tert-OH is 1. The lowest BCUT2D eigenvalue weighted by atomic mass is 9.86. The molecule has 1 fully saturated rings. The number of aromatic nitrogens is 6. The van der Waals surface area contributed by atoms with E-state index in [4.69, 9.17) is 11.6 Å². The highest BCUT2D eigenvalue weighted by Crippen LogP contribution is 2.24. The number of anilines is 1. The van der Waals surface area contributed by atoms with Gasteiger partial charge < -0.3 is 10.4 Å². The van der Waals surface area contributed by atoms with Crippen LogP contribution in [0.15, 0.2) is 12.7 Å². The minimum Gasteiger partial charge on any atom is -0.393 e. The van der Waals surface area contributed by atoms with Gasteiger partial charge in [0.05, 0.1) is 6.10 Å². The second-order valence-electron chi connectivity index (χ2n) is 5.06. The van der Waals surface area contributed by atoms with Crippen LogP contribution < -0.4 is 5.32 Å². The molecule has 0 aliphatic heterocycles. The van der Waals surface area contributed by atoms with Crippen LogP contribution in [-0.4, -0.2) is 47.5 Å². The van der Waals surface area contributed by atoms with E-state index < -0.39 is 0 Å². The van der Waals surface area contributed by atoms with E-state index in [9.17, 15) is 5.11 Å². The zero-order valence-corrected chi connectivity index (χ0v) is 12.1. The van der Waals surface area contributed by atoms with Crippen LogP contribution in [0.25, 0.3) is 5.95 Å². The maximum absolute atomic E-state index is 9.96. The van der Waals surface area contributed by atoms with Gasteiger partial charge in [0, 0.05) is 12.5 Å². The van der Waals surface area contributed by atoms with Crippen molar-refractivity contribution in [2.24, 2.45) is 5.92 Å². The zero-order valence-electron chi connectivity index (χ0n) is 11.4. The molecule has 0 saturated heterocycles. The second kappa shape index (κ2) is 6.31. The molecule has 2 atom stereocenters. The number of nitrogens with one attached hydrogen (secondary N) is 1. The molecule has 2 unspecified atom stereocenters. The number of hydrogen-bond donors (Lipinski definition) is 2. The van der Waals surface area contributed by atoms with Crippen LogP contribution in [0, 0.1) is 5.92 Å². The SMILES string of the molecule is OC1CCCCC1CNc1nc(Cl)nc(-n2cncn2)n1. The molecular weight excluding hydrogens is 294 g/mol. The van der Waals surface area contributed by atoms with Gasteiger partial charge in [0.2, 0.25) is 11.2 Å². The molecule has 2 heterocycles. The van der Waals surface area contributed by atoms with Crippen molar-refractivity contribution >= 4 is 17.5 Å². The number of rotatable bonds is 4. The lowest BCUT2D eigenvalue weighted by Crippen LogP contribution is -2.30. The molecule has 2 N–H and O–H groups in total. The van der Waals surface area contributed by atoms with Crippen LogP contribution in [-0.2, 0) is 0 Å². The Morgan fingerprint density at radius 3 is 2.90 bits per heavy atom. The van der Waals surface area contributed by atoms with Crippen molar-refractivity contribution in [2.45, 2.75) is 31.8 Å². The summed E-state index contributed by atoms with van der Waals surface area (Å²) < 4.78 is 1.41. The summed E-state index contributed by atoms with van der Waals surface area (Å²) in [7, 11) is 0. The van der Waals surface area contributed by atoms with Gasteiger partial charge in [0.1, 0.15) is 12.7 Å². The predicted octanol–water partition coefficient (Wildman–Crippen LogP) is 1.07. The van der Waals surface area contributed by atoms with E-state index in [1.165, 1.54) is 17.3 Å². The molecule has 3 rings (SSSR count). The normalized spacial score (nSPS) is 22.2. The summed E-state index contributed by atoms with van der Waals surface area (Å²) in [5, 5.41) is 17.1. The summed E-state index contributed by atoms with van der Waals surface area (Å²) in [6, 6.07) is 0. The molecule has 8 nitrogen and oxygen atoms in total. The van der Waals surface area contributed by atoms with Gasteiger partial charge in [-0.1, -0.05) is 12.8 Å². The first-order valence-corrected chi connectivity index (χ1v) is 7.28. The maximum atomic E-state index is 9.96. The molecule has 0 amide bonds. The molecule has 2 aromatic heterocycles. The van der Waals surface area contributed by atoms with Gasteiger partial charge in [-0.25, -0.2) is 4.98 Å². The lowest BCUT2D eigenvalue weighted by Gasteiger charge is -2.27. The van der Waals surface area contributed by atoms with Gasteiger partial charge in [0.25, 0.3) is 5.95 Å². The third-order valence-electron chi connectivity index (χ3n) is 3.61. The maximum Gasteiger partial charge on any atom is 0.258 e. The molecule has 1 aliphatic carbocycles. The predicted molar refractivity (Wildman–Crippen MR) is 76.2 cm³/mol. The number of hydrogen-bond acceptors (Lipinski definition) is 7. The zero-order chi connectivity index (χ0) is 14.7. The molecule has 0 bridgehead atoms. The highest BCUT2D eigenvalue weighted by molar-refractivity contribution is 6.28. The molecule has 112 valence electrons. The van der Waals surface area contributed by atoms with E-state index in [-0.39, 0.29) is 17.3 Å². The first-order valence-electron chi connectivity index (χ1n) is 6.91. The fourth-order valence-electron chi connectivity index (χ4n) is 2.48. The van der Waals surface area contributed by atoms with Gasteiger partial charge in [-0.05, 0) is 24.4 Å². The molecule has 1 aliphatic rings. The molecule has 0 aromatic carbocycles. The van der Waals surface area contributed by atoms with Crippen molar-refractivity contribution in [3.8, 4) is 5.95 Å². The Labute approximate surface area is 126 Å². The summed E-state index contributed by atoms with van der Waals surface area (Å²) in [6.45, 7) is 0.609.